The third-order valence-electron chi connectivity index (χ3n) is 5.77. The number of nitrogens with zero attached hydrogens (tertiary/aromatic N) is 5. The Hall–Kier alpha value is -3.31. The minimum atomic E-state index is -1.22. The number of carboxylic acid groups (broad SMARTS) is 1. The zero-order chi connectivity index (χ0) is 26.2. The maximum Gasteiger partial charge on any atom is 0.345 e. The molecule has 0 bridgehead atoms. The highest BCUT2D eigenvalue weighted by molar-refractivity contribution is 8.00. The summed E-state index contributed by atoms with van der Waals surface area (Å²) in [6, 6.07) is 0.778. The first kappa shape index (κ1) is 25.8. The molecule has 0 saturated carbocycles. The van der Waals surface area contributed by atoms with Crippen molar-refractivity contribution in [3.05, 3.63) is 17.1 Å². The molecule has 2 fully saturated rings. The van der Waals surface area contributed by atoms with Gasteiger partial charge in [-0.1, -0.05) is 16.9 Å². The van der Waals surface area contributed by atoms with Crippen molar-refractivity contribution in [3.8, 4) is 0 Å². The molecule has 192 valence electrons. The second-order valence-corrected chi connectivity index (χ2v) is 11.1. The number of carboxylic acids is 1. The van der Waals surface area contributed by atoms with Crippen LogP contribution >= 0.6 is 34.9 Å². The Kier molecular flexibility index (Phi) is 7.14. The van der Waals surface area contributed by atoms with E-state index in [-0.39, 0.29) is 46.4 Å². The molecule has 0 radical (unpaired) electrons. The number of oxime groups is 1. The number of nitrogens with two attached hydrogens (primary N) is 3. The van der Waals surface area contributed by atoms with Gasteiger partial charge in [-0.3, -0.25) is 14.4 Å². The van der Waals surface area contributed by atoms with Crippen molar-refractivity contribution in [2.75, 3.05) is 42.4 Å². The summed E-state index contributed by atoms with van der Waals surface area (Å²) in [5, 5.41) is 18.3. The molecule has 2 amide bonds. The second kappa shape index (κ2) is 9.98. The van der Waals surface area contributed by atoms with Crippen molar-refractivity contribution >= 4 is 75.3 Å². The van der Waals surface area contributed by atoms with E-state index < -0.39 is 28.7 Å². The molecule has 4 rings (SSSR count). The molecule has 2 aliphatic rings. The van der Waals surface area contributed by atoms with E-state index in [1.54, 1.807) is 18.5 Å². The lowest BCUT2D eigenvalue weighted by Gasteiger charge is -2.53. The number of nitrogens with one attached hydrogen (secondary N) is 1. The highest BCUT2D eigenvalue weighted by Gasteiger charge is 2.57. The number of amides is 2. The number of hydrogen-bond donors (Lipinski definition) is 5. The van der Waals surface area contributed by atoms with Crippen LogP contribution in [0.1, 0.15) is 5.69 Å². The van der Waals surface area contributed by atoms with Crippen LogP contribution in [0, 0.1) is 5.41 Å². The number of β-lactam (4-membered cyclic amide) rings is 1. The molecule has 2 aliphatic heterocycles. The van der Waals surface area contributed by atoms with Crippen molar-refractivity contribution in [2.24, 2.45) is 17.6 Å². The van der Waals surface area contributed by atoms with Gasteiger partial charge in [0.25, 0.3) is 5.91 Å². The first-order chi connectivity index (χ1) is 17.1. The average molecular weight is 555 g/mol. The van der Waals surface area contributed by atoms with Gasteiger partial charge in [-0.05, 0) is 0 Å². The molecule has 0 aliphatic carbocycles. The Morgan fingerprint density at radius 1 is 1.42 bits per heavy atom. The first-order valence-corrected chi connectivity index (χ1v) is 13.3. The quantitative estimate of drug-likeness (QED) is 0.0644. The highest BCUT2D eigenvalue weighted by Crippen LogP contribution is 2.44. The van der Waals surface area contributed by atoms with E-state index in [4.69, 9.17) is 22.0 Å². The Balaban J connectivity index is 1.43. The van der Waals surface area contributed by atoms with Gasteiger partial charge < -0.3 is 37.4 Å². The number of anilines is 3. The smallest absolute Gasteiger partial charge is 0.345 e. The molecule has 2 saturated heterocycles. The van der Waals surface area contributed by atoms with Crippen molar-refractivity contribution in [1.82, 2.24) is 20.2 Å². The normalized spacial score (nSPS) is 23.6. The molecule has 17 heteroatoms. The van der Waals surface area contributed by atoms with E-state index >= 15 is 0 Å². The largest absolute Gasteiger partial charge is 0.481 e. The Morgan fingerprint density at radius 3 is 2.78 bits per heavy atom. The lowest BCUT2D eigenvalue weighted by molar-refractivity contribution is -0.645. The van der Waals surface area contributed by atoms with Gasteiger partial charge in [-0.2, -0.15) is 0 Å². The zero-order valence-corrected chi connectivity index (χ0v) is 21.7. The number of carbonyl (C=O) groups is 3. The molecule has 14 nitrogen and oxygen atoms in total. The fraction of sp³-hybridized carbons (Fsp3) is 0.421. The van der Waals surface area contributed by atoms with Crippen LogP contribution in [0.3, 0.4) is 0 Å². The van der Waals surface area contributed by atoms with Crippen molar-refractivity contribution < 1.29 is 28.9 Å². The molecule has 3 atom stereocenters. The van der Waals surface area contributed by atoms with Gasteiger partial charge in [0.05, 0.1) is 7.05 Å². The van der Waals surface area contributed by atoms with E-state index in [0.29, 0.717) is 10.8 Å². The van der Waals surface area contributed by atoms with Crippen molar-refractivity contribution in [3.63, 3.8) is 0 Å². The summed E-state index contributed by atoms with van der Waals surface area (Å²) in [7, 11) is 2.96. The van der Waals surface area contributed by atoms with Crippen LogP contribution in [0.15, 0.2) is 21.6 Å². The number of hydrogen-bond acceptors (Lipinski definition) is 13. The highest BCUT2D eigenvalue weighted by atomic mass is 32.2. The first-order valence-electron chi connectivity index (χ1n) is 10.4. The Bertz CT molecular complexity index is 1230. The molecule has 1 unspecified atom stereocenters. The number of thioether (sulfide) groups is 2. The van der Waals surface area contributed by atoms with Crippen molar-refractivity contribution in [1.29, 1.82) is 0 Å². The molecule has 2 aromatic rings. The van der Waals surface area contributed by atoms with Crippen LogP contribution < -0.4 is 27.1 Å². The fourth-order valence-electron chi connectivity index (χ4n) is 3.67. The molecule has 2 aromatic heterocycles. The third-order valence-corrected chi connectivity index (χ3v) is 9.23. The molecule has 4 heterocycles. The number of fused-ring (bicyclic) bond motifs is 1. The molecular weight excluding hydrogens is 530 g/mol. The molecular formula is C19H24N9O5S3+. The van der Waals surface area contributed by atoms with Gasteiger partial charge in [0.1, 0.15) is 29.6 Å². The van der Waals surface area contributed by atoms with E-state index in [1.807, 2.05) is 0 Å². The van der Waals surface area contributed by atoms with Crippen LogP contribution in [-0.4, -0.2) is 80.0 Å². The van der Waals surface area contributed by atoms with Gasteiger partial charge in [-0.15, -0.1) is 28.1 Å². The van der Waals surface area contributed by atoms with Crippen LogP contribution in [0.2, 0.25) is 0 Å². The summed E-state index contributed by atoms with van der Waals surface area (Å²) in [5.41, 5.74) is 16.3. The van der Waals surface area contributed by atoms with E-state index in [9.17, 15) is 19.5 Å². The third kappa shape index (κ3) is 4.72. The summed E-state index contributed by atoms with van der Waals surface area (Å²) in [6.07, 6.45) is 0. The lowest BCUT2D eigenvalue weighted by Crippen LogP contribution is -2.74. The van der Waals surface area contributed by atoms with Crippen molar-refractivity contribution in [2.45, 2.75) is 16.4 Å². The number of aliphatic carboxylic acids is 1. The monoisotopic (exact) mass is 554 g/mol. The molecule has 8 N–H and O–H groups in total. The summed E-state index contributed by atoms with van der Waals surface area (Å²) < 4.78 is 1.51. The van der Waals surface area contributed by atoms with Crippen LogP contribution in [0.4, 0.5) is 16.9 Å². The van der Waals surface area contributed by atoms with Gasteiger partial charge in [0.15, 0.2) is 21.7 Å². The molecule has 0 aromatic carbocycles. The van der Waals surface area contributed by atoms with E-state index in [0.717, 1.165) is 11.3 Å². The van der Waals surface area contributed by atoms with E-state index in [1.165, 1.54) is 40.1 Å². The maximum absolute atomic E-state index is 12.9. The predicted octanol–water partition coefficient (Wildman–Crippen LogP) is -1.28. The lowest BCUT2D eigenvalue weighted by atomic mass is 9.89. The van der Waals surface area contributed by atoms with E-state index in [2.05, 4.69) is 20.4 Å². The molecule has 36 heavy (non-hydrogen) atoms. The predicted molar refractivity (Wildman–Crippen MR) is 135 cm³/mol. The minimum Gasteiger partial charge on any atom is -0.481 e. The Labute approximate surface area is 217 Å². The number of nitrogen functional groups attached to an aromatic ring is 3. The van der Waals surface area contributed by atoms with Gasteiger partial charge in [0, 0.05) is 29.5 Å². The summed E-state index contributed by atoms with van der Waals surface area (Å²) in [5.74, 6) is -1.09. The summed E-state index contributed by atoms with van der Waals surface area (Å²) >= 11 is 3.63. The minimum absolute atomic E-state index is 0.00852. The van der Waals surface area contributed by atoms with Crippen LogP contribution in [0.5, 0.6) is 0 Å². The topological polar surface area (TPSA) is 216 Å². The number of rotatable bonds is 8. The number of carbonyl (C=O) groups excluding carboxylic acids is 2. The molecule has 0 spiro atoms. The Morgan fingerprint density at radius 2 is 2.17 bits per heavy atom. The second-order valence-electron chi connectivity index (χ2n) is 8.12. The van der Waals surface area contributed by atoms with Gasteiger partial charge in [0.2, 0.25) is 5.91 Å². The van der Waals surface area contributed by atoms with Crippen LogP contribution in [-0.2, 0) is 26.3 Å². The SMILES string of the molecule is CON=C(C(=O)N[C@@H]1C(=O)N2CC(CSc3cc(N)[n+](C)c(N)n3)(C(=O)O)CS[C@H]12)c1csc(N)n1. The zero-order valence-electron chi connectivity index (χ0n) is 19.2. The number of thiazole rings is 1. The maximum atomic E-state index is 12.9. The van der Waals surface area contributed by atoms with Gasteiger partial charge >= 0.3 is 11.9 Å². The summed E-state index contributed by atoms with van der Waals surface area (Å²) in [4.78, 5) is 52.5. The average Bonchev–Trinajstić information content (AvgIpc) is 3.28. The van der Waals surface area contributed by atoms with Gasteiger partial charge in [-0.25, -0.2) is 9.55 Å². The number of aromatic nitrogens is 3. The summed E-state index contributed by atoms with van der Waals surface area (Å²) in [6.45, 7) is -0.00852. The van der Waals surface area contributed by atoms with Crippen LogP contribution in [0.25, 0.3) is 0 Å². The standard InChI is InChI=1S/C19H23N9O5S3/c1-27-9(20)3-10(24-17(27)21)35-6-19(16(31)32)5-28-14(30)12(15(28)36-7-19)25-13(29)11(26-33-2)8-4-34-18(22)23-8/h3-4,12,15H,5-7H2,1-2H3,(H7,20,21,22,23,24,25,29,31,32)/p+1/t12-,15-,19?/m1/s1. The fourth-order valence-corrected chi connectivity index (χ4v) is 6.99.